The zero-order chi connectivity index (χ0) is 52.8. The highest BCUT2D eigenvalue weighted by Gasteiger charge is 2.32. The van der Waals surface area contributed by atoms with Gasteiger partial charge in [0.1, 0.15) is 17.3 Å². The molecule has 4 nitrogen and oxygen atoms in total. The first-order valence-corrected chi connectivity index (χ1v) is 25.3. The fourth-order valence-corrected chi connectivity index (χ4v) is 11.3. The average Bonchev–Trinajstić information content (AvgIpc) is 4.13. The van der Waals surface area contributed by atoms with E-state index in [1.54, 1.807) is 72.8 Å². The summed E-state index contributed by atoms with van der Waals surface area (Å²) in [4.78, 5) is 3.24. The van der Waals surface area contributed by atoms with E-state index in [-0.39, 0.29) is 28.6 Å². The molecule has 0 aliphatic carbocycles. The molecule has 0 fully saturated rings. The minimum absolute atomic E-state index is 0.0818. The fraction of sp³-hybridized carbons (Fsp3) is 0. The van der Waals surface area contributed by atoms with Gasteiger partial charge in [-0.2, -0.15) is 0 Å². The van der Waals surface area contributed by atoms with Gasteiger partial charge in [0.05, 0.1) is 27.6 Å². The molecule has 14 rings (SSSR count). The Kier molecular flexibility index (Phi) is 10.9. The van der Waals surface area contributed by atoms with E-state index >= 15 is 17.6 Å². The first-order chi connectivity index (χ1) is 38.2. The number of halogens is 6. The third-order valence-electron chi connectivity index (χ3n) is 14.9. The van der Waals surface area contributed by atoms with Crippen molar-refractivity contribution in [3.8, 4) is 22.5 Å². The van der Waals surface area contributed by atoms with Crippen molar-refractivity contribution in [2.75, 3.05) is 9.80 Å². The van der Waals surface area contributed by atoms with Gasteiger partial charge in [0.15, 0.2) is 23.3 Å². The Balaban J connectivity index is 0.904. The summed E-state index contributed by atoms with van der Waals surface area (Å²) in [7, 11) is 0. The predicted octanol–water partition coefficient (Wildman–Crippen LogP) is 19.6. The molecule has 14 aromatic rings. The van der Waals surface area contributed by atoms with E-state index < -0.39 is 34.5 Å². The van der Waals surface area contributed by atoms with E-state index in [1.165, 1.54) is 41.3 Å². The maximum Gasteiger partial charge on any atom is 0.186 e. The minimum Gasteiger partial charge on any atom is -0.310 e. The van der Waals surface area contributed by atoms with Crippen LogP contribution >= 0.6 is 0 Å². The van der Waals surface area contributed by atoms with E-state index in [2.05, 4.69) is 16.7 Å². The van der Waals surface area contributed by atoms with Crippen molar-refractivity contribution in [3.05, 3.63) is 278 Å². The molecule has 0 N–H and O–H groups in total. The molecular formula is C68H40F6N4. The van der Waals surface area contributed by atoms with Gasteiger partial charge in [0, 0.05) is 61.4 Å². The van der Waals surface area contributed by atoms with Crippen molar-refractivity contribution in [1.29, 1.82) is 0 Å². The number of nitrogens with zero attached hydrogens (tertiary/aromatic N) is 4. The lowest BCUT2D eigenvalue weighted by molar-refractivity contribution is 0.461. The molecule has 0 unspecified atom stereocenters. The lowest BCUT2D eigenvalue weighted by Crippen LogP contribution is -2.16. The molecule has 0 saturated heterocycles. The number of hydrogen-bond acceptors (Lipinski definition) is 2. The van der Waals surface area contributed by atoms with Crippen molar-refractivity contribution >= 4 is 99.3 Å². The SMILES string of the molecule is Fc1ccc(-n2c3ccccc3c3cc(N(c4ccc(-c5c(F)c(F)c(N(c6ccc7ccccc7c6)c6ccc7c(c6)c6ccccc6n7-c6ccc(F)cc6)c(F)c5F)cc4)c4ccc5ccccc5c4)ccc32)cc1. The number of aromatic nitrogens is 2. The molecule has 0 atom stereocenters. The number of fused-ring (bicyclic) bond motifs is 8. The van der Waals surface area contributed by atoms with Gasteiger partial charge in [-0.15, -0.1) is 0 Å². The van der Waals surface area contributed by atoms with Crippen LogP contribution in [0.25, 0.3) is 87.7 Å². The monoisotopic (exact) mass is 1030 g/mol. The summed E-state index contributed by atoms with van der Waals surface area (Å²) in [6.45, 7) is 0. The molecule has 12 aromatic carbocycles. The second-order valence-corrected chi connectivity index (χ2v) is 19.3. The van der Waals surface area contributed by atoms with Crippen molar-refractivity contribution in [3.63, 3.8) is 0 Å². The van der Waals surface area contributed by atoms with Gasteiger partial charge < -0.3 is 18.9 Å². The first-order valence-electron chi connectivity index (χ1n) is 25.3. The highest BCUT2D eigenvalue weighted by atomic mass is 19.2. The normalized spacial score (nSPS) is 11.7. The van der Waals surface area contributed by atoms with Crippen LogP contribution in [0.15, 0.2) is 243 Å². The highest BCUT2D eigenvalue weighted by Crippen LogP contribution is 2.47. The molecule has 0 spiro atoms. The summed E-state index contributed by atoms with van der Waals surface area (Å²) in [5.74, 6) is -7.02. The molecule has 0 saturated carbocycles. The van der Waals surface area contributed by atoms with Crippen LogP contribution in [0.4, 0.5) is 60.5 Å². The van der Waals surface area contributed by atoms with Crippen molar-refractivity contribution in [2.24, 2.45) is 0 Å². The molecule has 0 aliphatic heterocycles. The molecule has 0 bridgehead atoms. The third kappa shape index (κ3) is 7.55. The van der Waals surface area contributed by atoms with Gasteiger partial charge in [-0.1, -0.05) is 109 Å². The van der Waals surface area contributed by atoms with E-state index in [9.17, 15) is 8.78 Å². The van der Waals surface area contributed by atoms with E-state index in [0.717, 1.165) is 76.8 Å². The second kappa shape index (κ2) is 18.4. The van der Waals surface area contributed by atoms with E-state index in [0.29, 0.717) is 16.8 Å². The summed E-state index contributed by atoms with van der Waals surface area (Å²) >= 11 is 0. The standard InChI is InChI=1S/C68H40F6N4/c69-46-21-29-49(30-22-46)77-59-15-7-5-13-55(59)57-39-53(33-35-61(57)77)75(51-27-17-41-9-1-3-11-44(41)37-51)48-25-19-43(20-26-48)63-64(71)66(73)68(67(74)65(63)72)76(52-28-18-42-10-2-4-12-45(42)38-52)54-34-36-62-58(40-54)56-14-6-8-16-60(56)78(62)50-31-23-47(70)24-32-50/h1-40H. The zero-order valence-corrected chi connectivity index (χ0v) is 41.2. The summed E-state index contributed by atoms with van der Waals surface area (Å²) in [6.07, 6.45) is 0. The largest absolute Gasteiger partial charge is 0.310 e. The van der Waals surface area contributed by atoms with Crippen molar-refractivity contribution in [2.45, 2.75) is 0 Å². The van der Waals surface area contributed by atoms with E-state index in [4.69, 9.17) is 0 Å². The van der Waals surface area contributed by atoms with Crippen LogP contribution in [0.2, 0.25) is 0 Å². The van der Waals surface area contributed by atoms with Gasteiger partial charge in [-0.05, 0) is 161 Å². The molecule has 0 aliphatic rings. The molecule has 78 heavy (non-hydrogen) atoms. The van der Waals surface area contributed by atoms with Gasteiger partial charge in [0.2, 0.25) is 0 Å². The Morgan fingerprint density at radius 1 is 0.269 bits per heavy atom. The van der Waals surface area contributed by atoms with Crippen LogP contribution in [0, 0.1) is 34.9 Å². The minimum atomic E-state index is -1.58. The number of rotatable bonds is 9. The van der Waals surface area contributed by atoms with Crippen LogP contribution in [-0.2, 0) is 0 Å². The van der Waals surface area contributed by atoms with Crippen LogP contribution in [0.3, 0.4) is 0 Å². The van der Waals surface area contributed by atoms with Gasteiger partial charge in [-0.25, -0.2) is 26.3 Å². The Morgan fingerprint density at radius 3 is 1.13 bits per heavy atom. The molecule has 0 radical (unpaired) electrons. The summed E-state index contributed by atoms with van der Waals surface area (Å²) in [5, 5.41) is 6.98. The highest BCUT2D eigenvalue weighted by molar-refractivity contribution is 6.12. The zero-order valence-electron chi connectivity index (χ0n) is 41.2. The van der Waals surface area contributed by atoms with Crippen LogP contribution in [0.5, 0.6) is 0 Å². The van der Waals surface area contributed by atoms with Crippen LogP contribution in [0.1, 0.15) is 0 Å². The Hall–Kier alpha value is -10.1. The second-order valence-electron chi connectivity index (χ2n) is 19.3. The quantitative estimate of drug-likeness (QED) is 0.106. The fourth-order valence-electron chi connectivity index (χ4n) is 11.3. The topological polar surface area (TPSA) is 16.3 Å². The lowest BCUT2D eigenvalue weighted by Gasteiger charge is -2.28. The van der Waals surface area contributed by atoms with E-state index in [1.807, 2.05) is 131 Å². The van der Waals surface area contributed by atoms with Crippen LogP contribution in [-0.4, -0.2) is 9.13 Å². The number of hydrogen-bond donors (Lipinski definition) is 0. The summed E-state index contributed by atoms with van der Waals surface area (Å²) < 4.78 is 102. The summed E-state index contributed by atoms with van der Waals surface area (Å²) in [6, 6.07) is 72.3. The average molecular weight is 1030 g/mol. The van der Waals surface area contributed by atoms with Gasteiger partial charge >= 0.3 is 0 Å². The smallest absolute Gasteiger partial charge is 0.186 e. The lowest BCUT2D eigenvalue weighted by atomic mass is 10.0. The molecule has 2 aromatic heterocycles. The predicted molar refractivity (Wildman–Crippen MR) is 305 cm³/mol. The molecular weight excluding hydrogens is 987 g/mol. The van der Waals surface area contributed by atoms with Crippen LogP contribution < -0.4 is 9.80 Å². The van der Waals surface area contributed by atoms with Crippen molar-refractivity contribution in [1.82, 2.24) is 9.13 Å². The number of para-hydroxylation sites is 2. The Labute approximate surface area is 442 Å². The maximum absolute atomic E-state index is 17.4. The number of anilines is 6. The van der Waals surface area contributed by atoms with Crippen molar-refractivity contribution < 1.29 is 26.3 Å². The number of benzene rings is 12. The molecule has 2 heterocycles. The Bertz CT molecular complexity index is 4670. The molecule has 10 heteroatoms. The Morgan fingerprint density at radius 2 is 0.641 bits per heavy atom. The molecule has 374 valence electrons. The maximum atomic E-state index is 17.4. The van der Waals surface area contributed by atoms with Gasteiger partial charge in [0.25, 0.3) is 0 Å². The third-order valence-corrected chi connectivity index (χ3v) is 14.9. The van der Waals surface area contributed by atoms with Gasteiger partial charge in [-0.3, -0.25) is 0 Å². The first kappa shape index (κ1) is 46.5. The summed E-state index contributed by atoms with van der Waals surface area (Å²) in [5.41, 5.74) is 5.61. The molecule has 0 amide bonds.